The van der Waals surface area contributed by atoms with Gasteiger partial charge in [-0.05, 0) is 77.6 Å². The van der Waals surface area contributed by atoms with Crippen LogP contribution in [0, 0.1) is 16.7 Å². The first kappa shape index (κ1) is 23.0. The molecule has 0 aromatic carbocycles. The number of hydrogen-bond acceptors (Lipinski definition) is 4. The van der Waals surface area contributed by atoms with E-state index in [1.54, 1.807) is 0 Å². The fraction of sp³-hybridized carbons (Fsp3) is 0.792. The molecule has 2 fully saturated rings. The lowest BCUT2D eigenvalue weighted by atomic mass is 9.55. The number of allylic oxidation sites excluding steroid dienone is 1. The molecule has 1 unspecified atom stereocenters. The van der Waals surface area contributed by atoms with Gasteiger partial charge in [-0.3, -0.25) is 14.4 Å². The largest absolute Gasteiger partial charge is 0.372 e. The van der Waals surface area contributed by atoms with Crippen molar-refractivity contribution in [1.82, 2.24) is 0 Å². The number of fused-ring (bicyclic) bond motifs is 1. The second-order valence-corrected chi connectivity index (χ2v) is 10.2. The molecular weight excluding hydrogens is 352 g/mol. The summed E-state index contributed by atoms with van der Waals surface area (Å²) in [6.07, 6.45) is 7.44. The van der Waals surface area contributed by atoms with Gasteiger partial charge >= 0.3 is 0 Å². The summed E-state index contributed by atoms with van der Waals surface area (Å²) in [5.74, 6) is 0.356. The highest BCUT2D eigenvalue weighted by Gasteiger charge is 2.60. The van der Waals surface area contributed by atoms with Gasteiger partial charge in [0.2, 0.25) is 0 Å². The normalized spacial score (nSPS) is 32.8. The van der Waals surface area contributed by atoms with Crippen molar-refractivity contribution < 1.29 is 19.1 Å². The fourth-order valence-corrected chi connectivity index (χ4v) is 5.30. The summed E-state index contributed by atoms with van der Waals surface area (Å²) >= 11 is 0. The molecule has 4 atom stereocenters. The highest BCUT2D eigenvalue weighted by molar-refractivity contribution is 6.07. The van der Waals surface area contributed by atoms with Crippen LogP contribution in [0.4, 0.5) is 0 Å². The van der Waals surface area contributed by atoms with E-state index in [4.69, 9.17) is 4.74 Å². The van der Waals surface area contributed by atoms with Crippen molar-refractivity contribution in [2.24, 2.45) is 16.7 Å². The summed E-state index contributed by atoms with van der Waals surface area (Å²) in [5.41, 5.74) is -1.48. The molecule has 0 saturated heterocycles. The third-order valence-corrected chi connectivity index (χ3v) is 6.96. The Labute approximate surface area is 170 Å². The average molecular weight is 391 g/mol. The summed E-state index contributed by atoms with van der Waals surface area (Å²) in [6.45, 7) is 13.6. The molecule has 2 aliphatic carbocycles. The number of hydrogen-bond donors (Lipinski definition) is 0. The Bertz CT molecular complexity index is 629. The van der Waals surface area contributed by atoms with Crippen LogP contribution in [0.5, 0.6) is 0 Å². The number of ether oxygens (including phenoxy) is 1. The monoisotopic (exact) mass is 390 g/mol. The van der Waals surface area contributed by atoms with E-state index in [0.717, 1.165) is 25.7 Å². The zero-order valence-electron chi connectivity index (χ0n) is 18.4. The minimum atomic E-state index is -1.02. The van der Waals surface area contributed by atoms with E-state index in [1.165, 1.54) is 6.92 Å². The third-order valence-electron chi connectivity index (χ3n) is 6.96. The minimum Gasteiger partial charge on any atom is -0.372 e. The predicted molar refractivity (Wildman–Crippen MR) is 111 cm³/mol. The molecule has 0 bridgehead atoms. The van der Waals surface area contributed by atoms with Crippen LogP contribution in [0.2, 0.25) is 0 Å². The van der Waals surface area contributed by atoms with E-state index in [1.807, 2.05) is 6.08 Å². The van der Waals surface area contributed by atoms with Crippen LogP contribution in [0.15, 0.2) is 12.7 Å². The van der Waals surface area contributed by atoms with Crippen LogP contribution in [-0.4, -0.2) is 29.1 Å². The van der Waals surface area contributed by atoms with Gasteiger partial charge in [0.1, 0.15) is 17.3 Å². The van der Waals surface area contributed by atoms with Crippen molar-refractivity contribution in [3.8, 4) is 0 Å². The molecule has 0 aromatic heterocycles. The Morgan fingerprint density at radius 1 is 1.25 bits per heavy atom. The van der Waals surface area contributed by atoms with Gasteiger partial charge < -0.3 is 4.74 Å². The highest BCUT2D eigenvalue weighted by atomic mass is 16.5. The average Bonchev–Trinajstić information content (AvgIpc) is 2.87. The second kappa shape index (κ2) is 8.61. The zero-order chi connectivity index (χ0) is 21.2. The Balaban J connectivity index is 2.19. The fourth-order valence-electron chi connectivity index (χ4n) is 5.30. The van der Waals surface area contributed by atoms with Crippen LogP contribution in [0.1, 0.15) is 92.4 Å². The lowest BCUT2D eigenvalue weighted by Gasteiger charge is -2.49. The number of unbranched alkanes of at least 4 members (excludes halogenated alkanes) is 1. The molecule has 158 valence electrons. The van der Waals surface area contributed by atoms with Crippen molar-refractivity contribution in [2.45, 2.75) is 104 Å². The Kier molecular flexibility index (Phi) is 7.07. The first-order valence-electron chi connectivity index (χ1n) is 10.8. The van der Waals surface area contributed by atoms with E-state index in [0.29, 0.717) is 32.1 Å². The molecule has 0 spiro atoms. The maximum absolute atomic E-state index is 13.1. The Morgan fingerprint density at radius 3 is 2.50 bits per heavy atom. The van der Waals surface area contributed by atoms with E-state index < -0.39 is 5.41 Å². The molecular formula is C24H38O4. The molecule has 4 nitrogen and oxygen atoms in total. The molecule has 28 heavy (non-hydrogen) atoms. The molecule has 0 aromatic rings. The summed E-state index contributed by atoms with van der Waals surface area (Å²) in [4.78, 5) is 38.2. The lowest BCUT2D eigenvalue weighted by molar-refractivity contribution is -0.160. The van der Waals surface area contributed by atoms with E-state index >= 15 is 0 Å². The number of ketones is 3. The van der Waals surface area contributed by atoms with Crippen LogP contribution in [0.3, 0.4) is 0 Å². The lowest BCUT2D eigenvalue weighted by Crippen LogP contribution is -2.53. The second-order valence-electron chi connectivity index (χ2n) is 10.2. The van der Waals surface area contributed by atoms with Crippen molar-refractivity contribution >= 4 is 17.3 Å². The maximum atomic E-state index is 13.1. The Hall–Kier alpha value is -1.29. The number of carbonyl (C=O) groups is 3. The van der Waals surface area contributed by atoms with Gasteiger partial charge in [0.05, 0.1) is 17.1 Å². The summed E-state index contributed by atoms with van der Waals surface area (Å²) < 4.78 is 6.37. The van der Waals surface area contributed by atoms with Crippen LogP contribution in [0.25, 0.3) is 0 Å². The highest BCUT2D eigenvalue weighted by Crippen LogP contribution is 2.59. The van der Waals surface area contributed by atoms with Gasteiger partial charge in [-0.15, -0.1) is 6.58 Å². The third kappa shape index (κ3) is 4.82. The van der Waals surface area contributed by atoms with Crippen LogP contribution < -0.4 is 0 Å². The van der Waals surface area contributed by atoms with Gasteiger partial charge in [-0.1, -0.05) is 13.0 Å². The molecule has 0 radical (unpaired) electrons. The van der Waals surface area contributed by atoms with Crippen molar-refractivity contribution in [1.29, 1.82) is 0 Å². The zero-order valence-corrected chi connectivity index (χ0v) is 18.4. The van der Waals surface area contributed by atoms with E-state index in [2.05, 4.69) is 34.3 Å². The van der Waals surface area contributed by atoms with Gasteiger partial charge in [0.15, 0.2) is 0 Å². The van der Waals surface area contributed by atoms with Crippen molar-refractivity contribution in [3.05, 3.63) is 12.7 Å². The molecule has 0 heterocycles. The maximum Gasteiger partial charge on any atom is 0.146 e. The molecule has 0 amide bonds. The minimum absolute atomic E-state index is 0.0396. The van der Waals surface area contributed by atoms with Gasteiger partial charge in [0, 0.05) is 19.3 Å². The summed E-state index contributed by atoms with van der Waals surface area (Å²) in [5, 5.41) is 0. The number of carbonyl (C=O) groups excluding carboxylic acids is 3. The smallest absolute Gasteiger partial charge is 0.146 e. The molecule has 2 saturated carbocycles. The van der Waals surface area contributed by atoms with Gasteiger partial charge in [0.25, 0.3) is 0 Å². The summed E-state index contributed by atoms with van der Waals surface area (Å²) in [6, 6.07) is 0. The quantitative estimate of drug-likeness (QED) is 0.307. The SMILES string of the molecule is C=CCCCC(=O)CCC1(C(C)=O)C[C@]2(C)[C@H](CC[C@H]2OC(C)(C)C)CC1=O. The molecule has 4 heteroatoms. The molecule has 0 aliphatic heterocycles. The van der Waals surface area contributed by atoms with Gasteiger partial charge in [-0.2, -0.15) is 0 Å². The van der Waals surface area contributed by atoms with Crippen LogP contribution in [-0.2, 0) is 19.1 Å². The van der Waals surface area contributed by atoms with Crippen molar-refractivity contribution in [3.63, 3.8) is 0 Å². The standard InChI is InChI=1S/C24H38O4/c1-7-8-9-10-19(26)13-14-24(17(2)25)16-23(6)18(15-20(24)27)11-12-21(23)28-22(3,4)5/h7,18,21H,1,8-16H2,2-6H3/t18-,21-,23-,24?/m1/s1. The Morgan fingerprint density at radius 2 is 1.93 bits per heavy atom. The number of rotatable bonds is 9. The number of Topliss-reactive ketones (excluding diaryl/α,β-unsaturated/α-hetero) is 3. The van der Waals surface area contributed by atoms with Crippen molar-refractivity contribution in [2.75, 3.05) is 0 Å². The first-order chi connectivity index (χ1) is 12.9. The van der Waals surface area contributed by atoms with Gasteiger partial charge in [-0.25, -0.2) is 0 Å². The van der Waals surface area contributed by atoms with E-state index in [-0.39, 0.29) is 40.4 Å². The molecule has 2 rings (SSSR count). The predicted octanol–water partition coefficient (Wildman–Crippen LogP) is 5.23. The van der Waals surface area contributed by atoms with E-state index in [9.17, 15) is 14.4 Å². The molecule has 2 aliphatic rings. The topological polar surface area (TPSA) is 60.4 Å². The first-order valence-corrected chi connectivity index (χ1v) is 10.8. The molecule has 0 N–H and O–H groups in total. The van der Waals surface area contributed by atoms with Crippen LogP contribution >= 0.6 is 0 Å². The summed E-state index contributed by atoms with van der Waals surface area (Å²) in [7, 11) is 0.